The highest BCUT2D eigenvalue weighted by molar-refractivity contribution is 5.39. The van der Waals surface area contributed by atoms with Crippen LogP contribution in [0.5, 0.6) is 11.6 Å². The van der Waals surface area contributed by atoms with Crippen LogP contribution in [0.2, 0.25) is 0 Å². The molecule has 2 N–H and O–H groups in total. The van der Waals surface area contributed by atoms with Crippen molar-refractivity contribution < 1.29 is 9.47 Å². The molecule has 0 aliphatic heterocycles. The molecule has 3 rings (SSSR count). The molecule has 1 aromatic carbocycles. The van der Waals surface area contributed by atoms with E-state index in [0.717, 1.165) is 24.2 Å². The summed E-state index contributed by atoms with van der Waals surface area (Å²) in [6.07, 6.45) is 5.04. The van der Waals surface area contributed by atoms with Crippen molar-refractivity contribution in [2.24, 2.45) is 5.73 Å². The molecule has 1 aromatic heterocycles. The first-order chi connectivity index (χ1) is 10.3. The lowest BCUT2D eigenvalue weighted by atomic mass is 9.88. The second-order valence-electron chi connectivity index (χ2n) is 5.32. The average Bonchev–Trinajstić information content (AvgIpc) is 2.54. The van der Waals surface area contributed by atoms with Gasteiger partial charge in [0, 0.05) is 12.2 Å². The molecule has 1 aliphatic carbocycles. The van der Waals surface area contributed by atoms with Crippen LogP contribution in [-0.4, -0.2) is 12.1 Å². The molecule has 1 heterocycles. The minimum absolute atomic E-state index is 0.130. The predicted octanol–water partition coefficient (Wildman–Crippen LogP) is 3.01. The summed E-state index contributed by atoms with van der Waals surface area (Å²) in [5.74, 6) is 1.45. The first-order valence-electron chi connectivity index (χ1n) is 7.27. The highest BCUT2D eigenvalue weighted by Crippen LogP contribution is 2.31. The van der Waals surface area contributed by atoms with Gasteiger partial charge in [-0.2, -0.15) is 0 Å². The first kappa shape index (κ1) is 13.9. The summed E-state index contributed by atoms with van der Waals surface area (Å²) in [4.78, 5) is 4.17. The zero-order valence-electron chi connectivity index (χ0n) is 12.2. The third kappa shape index (κ3) is 3.00. The third-order valence-corrected chi connectivity index (χ3v) is 3.92. The summed E-state index contributed by atoms with van der Waals surface area (Å²) in [7, 11) is 1.61. The van der Waals surface area contributed by atoms with Crippen LogP contribution in [0.4, 0.5) is 0 Å². The molecule has 0 radical (unpaired) electrons. The Balaban J connectivity index is 1.75. The maximum absolute atomic E-state index is 6.18. The number of nitrogens with two attached hydrogens (primary N) is 1. The maximum Gasteiger partial charge on any atom is 0.219 e. The number of fused-ring (bicyclic) bond motifs is 1. The Labute approximate surface area is 124 Å². The number of ether oxygens (including phenoxy) is 2. The van der Waals surface area contributed by atoms with Crippen molar-refractivity contribution in [1.29, 1.82) is 0 Å². The van der Waals surface area contributed by atoms with Gasteiger partial charge in [-0.3, -0.25) is 0 Å². The number of hydrogen-bond donors (Lipinski definition) is 1. The standard InChI is InChI=1S/C17H20N2O2/c1-20-17-13(5-3-9-19-17)11-21-14-8-7-12-4-2-6-16(18)15(12)10-14/h3,5,7-10,16H,2,4,6,11,18H2,1H3. The van der Waals surface area contributed by atoms with Crippen molar-refractivity contribution in [3.05, 3.63) is 53.2 Å². The number of methoxy groups -OCH3 is 1. The molecule has 1 atom stereocenters. The van der Waals surface area contributed by atoms with Crippen LogP contribution in [-0.2, 0) is 13.0 Å². The Morgan fingerprint density at radius 2 is 2.24 bits per heavy atom. The third-order valence-electron chi connectivity index (χ3n) is 3.92. The van der Waals surface area contributed by atoms with Gasteiger partial charge in [-0.15, -0.1) is 0 Å². The lowest BCUT2D eigenvalue weighted by Crippen LogP contribution is -2.17. The molecule has 0 saturated carbocycles. The van der Waals surface area contributed by atoms with Crippen LogP contribution < -0.4 is 15.2 Å². The van der Waals surface area contributed by atoms with Gasteiger partial charge >= 0.3 is 0 Å². The molecule has 0 amide bonds. The van der Waals surface area contributed by atoms with Gasteiger partial charge < -0.3 is 15.2 Å². The Bertz CT molecular complexity index is 628. The van der Waals surface area contributed by atoms with Crippen LogP contribution in [0.15, 0.2) is 36.5 Å². The van der Waals surface area contributed by atoms with Gasteiger partial charge in [0.1, 0.15) is 12.4 Å². The summed E-state index contributed by atoms with van der Waals surface area (Å²) < 4.78 is 11.1. The second kappa shape index (κ2) is 6.14. The molecular formula is C17H20N2O2. The van der Waals surface area contributed by atoms with E-state index < -0.39 is 0 Å². The van der Waals surface area contributed by atoms with E-state index in [0.29, 0.717) is 12.5 Å². The Kier molecular flexibility index (Phi) is 4.06. The average molecular weight is 284 g/mol. The van der Waals surface area contributed by atoms with E-state index >= 15 is 0 Å². The van der Waals surface area contributed by atoms with Gasteiger partial charge in [-0.25, -0.2) is 4.98 Å². The van der Waals surface area contributed by atoms with E-state index in [9.17, 15) is 0 Å². The lowest BCUT2D eigenvalue weighted by Gasteiger charge is -2.22. The van der Waals surface area contributed by atoms with Gasteiger partial charge in [-0.05, 0) is 54.7 Å². The largest absolute Gasteiger partial charge is 0.489 e. The first-order valence-corrected chi connectivity index (χ1v) is 7.27. The van der Waals surface area contributed by atoms with E-state index in [1.165, 1.54) is 17.5 Å². The monoisotopic (exact) mass is 284 g/mol. The predicted molar refractivity (Wildman–Crippen MR) is 81.4 cm³/mol. The van der Waals surface area contributed by atoms with Crippen molar-refractivity contribution in [2.75, 3.05) is 7.11 Å². The normalized spacial score (nSPS) is 17.1. The van der Waals surface area contributed by atoms with Crippen molar-refractivity contribution in [2.45, 2.75) is 31.9 Å². The molecule has 21 heavy (non-hydrogen) atoms. The Morgan fingerprint density at radius 3 is 3.10 bits per heavy atom. The fourth-order valence-electron chi connectivity index (χ4n) is 2.78. The molecule has 1 aliphatic rings. The highest BCUT2D eigenvalue weighted by atomic mass is 16.5. The number of hydrogen-bond acceptors (Lipinski definition) is 4. The SMILES string of the molecule is COc1ncccc1COc1ccc2c(c1)C(N)CCC2. The maximum atomic E-state index is 6.18. The topological polar surface area (TPSA) is 57.4 Å². The van der Waals surface area contributed by atoms with Crippen molar-refractivity contribution >= 4 is 0 Å². The molecule has 1 unspecified atom stereocenters. The lowest BCUT2D eigenvalue weighted by molar-refractivity contribution is 0.293. The second-order valence-corrected chi connectivity index (χ2v) is 5.32. The van der Waals surface area contributed by atoms with Crippen LogP contribution in [0.3, 0.4) is 0 Å². The van der Waals surface area contributed by atoms with E-state index in [1.54, 1.807) is 13.3 Å². The number of pyridine rings is 1. The van der Waals surface area contributed by atoms with Crippen molar-refractivity contribution in [3.63, 3.8) is 0 Å². The van der Waals surface area contributed by atoms with Gasteiger partial charge in [0.25, 0.3) is 0 Å². The minimum Gasteiger partial charge on any atom is -0.489 e. The number of rotatable bonds is 4. The zero-order chi connectivity index (χ0) is 14.7. The molecular weight excluding hydrogens is 264 g/mol. The summed E-state index contributed by atoms with van der Waals surface area (Å²) in [5, 5.41) is 0. The summed E-state index contributed by atoms with van der Waals surface area (Å²) in [5.41, 5.74) is 9.68. The molecule has 0 bridgehead atoms. The molecule has 4 nitrogen and oxygen atoms in total. The van der Waals surface area contributed by atoms with Crippen LogP contribution in [0.25, 0.3) is 0 Å². The quantitative estimate of drug-likeness (QED) is 0.937. The van der Waals surface area contributed by atoms with Crippen LogP contribution in [0.1, 0.15) is 35.6 Å². The van der Waals surface area contributed by atoms with Gasteiger partial charge in [0.05, 0.1) is 12.7 Å². The zero-order valence-corrected chi connectivity index (χ0v) is 12.2. The Morgan fingerprint density at radius 1 is 1.33 bits per heavy atom. The van der Waals surface area contributed by atoms with E-state index in [-0.39, 0.29) is 6.04 Å². The van der Waals surface area contributed by atoms with E-state index in [4.69, 9.17) is 15.2 Å². The van der Waals surface area contributed by atoms with Crippen molar-refractivity contribution in [3.8, 4) is 11.6 Å². The molecule has 0 fully saturated rings. The van der Waals surface area contributed by atoms with Gasteiger partial charge in [0.15, 0.2) is 0 Å². The fourth-order valence-corrected chi connectivity index (χ4v) is 2.78. The smallest absolute Gasteiger partial charge is 0.219 e. The molecule has 110 valence electrons. The molecule has 0 saturated heterocycles. The highest BCUT2D eigenvalue weighted by Gasteiger charge is 2.17. The molecule has 2 aromatic rings. The van der Waals surface area contributed by atoms with E-state index in [1.807, 2.05) is 18.2 Å². The minimum atomic E-state index is 0.130. The van der Waals surface area contributed by atoms with Gasteiger partial charge in [-0.1, -0.05) is 6.07 Å². The summed E-state index contributed by atoms with van der Waals surface area (Å²) in [6.45, 7) is 0.436. The van der Waals surface area contributed by atoms with Gasteiger partial charge in [0.2, 0.25) is 5.88 Å². The summed E-state index contributed by atoms with van der Waals surface area (Å²) in [6, 6.07) is 10.2. The van der Waals surface area contributed by atoms with Crippen LogP contribution >= 0.6 is 0 Å². The number of aromatic nitrogens is 1. The molecule has 0 spiro atoms. The number of aryl methyl sites for hydroxylation is 1. The fraction of sp³-hybridized carbons (Fsp3) is 0.353. The van der Waals surface area contributed by atoms with Crippen LogP contribution in [0, 0.1) is 0 Å². The molecule has 4 heteroatoms. The summed E-state index contributed by atoms with van der Waals surface area (Å²) >= 11 is 0. The number of nitrogens with zero attached hydrogens (tertiary/aromatic N) is 1. The van der Waals surface area contributed by atoms with Crippen molar-refractivity contribution in [1.82, 2.24) is 4.98 Å². The number of benzene rings is 1. The Hall–Kier alpha value is -2.07. The van der Waals surface area contributed by atoms with E-state index in [2.05, 4.69) is 17.1 Å².